The SMILES string of the molecule is C1=C(PCc2ccc(CPC3=CCCCCCC3)cc2)CCCCCC1. The first-order valence-electron chi connectivity index (χ1n) is 10.8. The van der Waals surface area contributed by atoms with E-state index in [0.29, 0.717) is 0 Å². The van der Waals surface area contributed by atoms with Gasteiger partial charge in [0, 0.05) is 0 Å². The number of benzene rings is 1. The monoisotopic (exact) mass is 386 g/mol. The molecule has 2 atom stereocenters. The number of hydrogen-bond acceptors (Lipinski definition) is 0. The maximum atomic E-state index is 2.55. The lowest BCUT2D eigenvalue weighted by molar-refractivity contribution is 0.634. The Labute approximate surface area is 164 Å². The van der Waals surface area contributed by atoms with E-state index in [4.69, 9.17) is 0 Å². The van der Waals surface area contributed by atoms with Gasteiger partial charge in [-0.05, 0) is 74.8 Å². The zero-order valence-corrected chi connectivity index (χ0v) is 18.4. The zero-order valence-electron chi connectivity index (χ0n) is 16.4. The summed E-state index contributed by atoms with van der Waals surface area (Å²) in [5, 5.41) is 3.48. The molecular weight excluding hydrogens is 350 g/mol. The zero-order chi connectivity index (χ0) is 17.9. The van der Waals surface area contributed by atoms with Gasteiger partial charge in [-0.2, -0.15) is 0 Å². The third-order valence-electron chi connectivity index (χ3n) is 5.64. The molecule has 0 saturated heterocycles. The molecule has 0 saturated carbocycles. The standard InChI is InChI=1S/C24H36P2/c1-3-7-11-23(12-8-4-1)25-19-21-15-17-22(18-16-21)20-26-24-13-9-5-2-6-10-14-24/h11,13,15-18,25-26H,1-10,12,14,19-20H2. The van der Waals surface area contributed by atoms with Crippen molar-refractivity contribution in [1.82, 2.24) is 0 Å². The smallest absolute Gasteiger partial charge is 0.00634 e. The van der Waals surface area contributed by atoms with Crippen molar-refractivity contribution >= 4 is 17.2 Å². The van der Waals surface area contributed by atoms with E-state index in [0.717, 1.165) is 17.2 Å². The maximum Gasteiger partial charge on any atom is -0.00634 e. The molecule has 0 aromatic heterocycles. The molecule has 0 amide bonds. The third-order valence-corrected chi connectivity index (χ3v) is 8.63. The van der Waals surface area contributed by atoms with Crippen LogP contribution in [0.5, 0.6) is 0 Å². The van der Waals surface area contributed by atoms with Gasteiger partial charge in [0.1, 0.15) is 0 Å². The van der Waals surface area contributed by atoms with Gasteiger partial charge in [0.2, 0.25) is 0 Å². The van der Waals surface area contributed by atoms with Crippen molar-refractivity contribution in [2.75, 3.05) is 0 Å². The largest absolute Gasteiger partial charge is 0.0907 e. The van der Waals surface area contributed by atoms with Crippen molar-refractivity contribution in [1.29, 1.82) is 0 Å². The molecule has 2 heteroatoms. The van der Waals surface area contributed by atoms with E-state index in [1.165, 1.54) is 101 Å². The number of hydrogen-bond donors (Lipinski definition) is 0. The molecule has 0 radical (unpaired) electrons. The fourth-order valence-electron chi connectivity index (χ4n) is 3.91. The predicted molar refractivity (Wildman–Crippen MR) is 122 cm³/mol. The van der Waals surface area contributed by atoms with Gasteiger partial charge < -0.3 is 0 Å². The van der Waals surface area contributed by atoms with Gasteiger partial charge in [-0.15, -0.1) is 0 Å². The molecule has 0 N–H and O–H groups in total. The lowest BCUT2D eigenvalue weighted by Crippen LogP contribution is -1.89. The van der Waals surface area contributed by atoms with E-state index in [-0.39, 0.29) is 0 Å². The Morgan fingerprint density at radius 3 is 1.42 bits per heavy atom. The molecule has 2 aliphatic carbocycles. The molecule has 1 aromatic rings. The second kappa shape index (κ2) is 12.1. The highest BCUT2D eigenvalue weighted by molar-refractivity contribution is 7.42. The summed E-state index contributed by atoms with van der Waals surface area (Å²) in [6.45, 7) is 0. The molecule has 2 aliphatic rings. The van der Waals surface area contributed by atoms with Gasteiger partial charge in [-0.3, -0.25) is 0 Å². The minimum Gasteiger partial charge on any atom is -0.0907 e. The average molecular weight is 387 g/mol. The Morgan fingerprint density at radius 1 is 0.538 bits per heavy atom. The van der Waals surface area contributed by atoms with Crippen LogP contribution in [0.2, 0.25) is 0 Å². The second-order valence-electron chi connectivity index (χ2n) is 7.89. The summed E-state index contributed by atoms with van der Waals surface area (Å²) < 4.78 is 0. The van der Waals surface area contributed by atoms with Crippen LogP contribution in [0, 0.1) is 0 Å². The molecule has 0 aliphatic heterocycles. The van der Waals surface area contributed by atoms with Crippen molar-refractivity contribution in [3.8, 4) is 0 Å². The summed E-state index contributed by atoms with van der Waals surface area (Å²) >= 11 is 0. The third kappa shape index (κ3) is 7.66. The molecule has 0 fully saturated rings. The van der Waals surface area contributed by atoms with Gasteiger partial charge in [0.05, 0.1) is 0 Å². The fraction of sp³-hybridized carbons (Fsp3) is 0.583. The first kappa shape index (κ1) is 20.3. The second-order valence-corrected chi connectivity index (χ2v) is 10.6. The fourth-order valence-corrected chi connectivity index (χ4v) is 6.53. The van der Waals surface area contributed by atoms with Crippen LogP contribution in [0.25, 0.3) is 0 Å². The van der Waals surface area contributed by atoms with Crippen LogP contribution in [0.15, 0.2) is 47.0 Å². The Hall–Kier alpha value is -0.440. The van der Waals surface area contributed by atoms with E-state index < -0.39 is 0 Å². The van der Waals surface area contributed by atoms with E-state index in [2.05, 4.69) is 36.4 Å². The van der Waals surface area contributed by atoms with Crippen LogP contribution in [-0.2, 0) is 12.3 Å². The van der Waals surface area contributed by atoms with Crippen LogP contribution in [0.3, 0.4) is 0 Å². The van der Waals surface area contributed by atoms with Crippen LogP contribution in [0.4, 0.5) is 0 Å². The topological polar surface area (TPSA) is 0 Å². The highest BCUT2D eigenvalue weighted by Crippen LogP contribution is 2.36. The predicted octanol–water partition coefficient (Wildman–Crippen LogP) is 8.52. The lowest BCUT2D eigenvalue weighted by atomic mass is 10.1. The highest BCUT2D eigenvalue weighted by Gasteiger charge is 2.05. The number of rotatable bonds is 6. The summed E-state index contributed by atoms with van der Waals surface area (Å²) in [4.78, 5) is 0. The van der Waals surface area contributed by atoms with Crippen LogP contribution < -0.4 is 0 Å². The summed E-state index contributed by atoms with van der Waals surface area (Å²) in [6.07, 6.45) is 24.3. The highest BCUT2D eigenvalue weighted by atomic mass is 31.1. The van der Waals surface area contributed by atoms with Gasteiger partial charge in [0.15, 0.2) is 0 Å². The first-order chi connectivity index (χ1) is 12.9. The molecule has 3 rings (SSSR count). The molecule has 26 heavy (non-hydrogen) atoms. The minimum absolute atomic E-state index is 1.00. The van der Waals surface area contributed by atoms with Crippen LogP contribution in [0.1, 0.15) is 88.2 Å². The summed E-state index contributed by atoms with van der Waals surface area (Å²) in [7, 11) is 2.01. The molecule has 0 spiro atoms. The van der Waals surface area contributed by atoms with Gasteiger partial charge >= 0.3 is 0 Å². The Kier molecular flexibility index (Phi) is 9.45. The van der Waals surface area contributed by atoms with Crippen LogP contribution >= 0.6 is 17.2 Å². The Balaban J connectivity index is 1.44. The quantitative estimate of drug-likeness (QED) is 0.430. The van der Waals surface area contributed by atoms with E-state index in [9.17, 15) is 0 Å². The summed E-state index contributed by atoms with van der Waals surface area (Å²) in [5.74, 6) is 0. The first-order valence-corrected chi connectivity index (χ1v) is 13.3. The molecule has 0 bridgehead atoms. The van der Waals surface area contributed by atoms with Crippen molar-refractivity contribution in [3.63, 3.8) is 0 Å². The summed E-state index contributed by atoms with van der Waals surface area (Å²) in [5.41, 5.74) is 3.06. The van der Waals surface area contributed by atoms with Gasteiger partial charge in [0.25, 0.3) is 0 Å². The van der Waals surface area contributed by atoms with E-state index >= 15 is 0 Å². The van der Waals surface area contributed by atoms with Crippen molar-refractivity contribution < 1.29 is 0 Å². The maximum absolute atomic E-state index is 2.55. The molecular formula is C24H36P2. The van der Waals surface area contributed by atoms with E-state index in [1.54, 1.807) is 10.6 Å². The van der Waals surface area contributed by atoms with Crippen molar-refractivity contribution in [2.45, 2.75) is 89.4 Å². The number of allylic oxidation sites excluding steroid dienone is 4. The molecule has 142 valence electrons. The molecule has 0 heterocycles. The lowest BCUT2D eigenvalue weighted by Gasteiger charge is -2.13. The van der Waals surface area contributed by atoms with E-state index in [1.807, 2.05) is 0 Å². The average Bonchev–Trinajstić information content (AvgIpc) is 2.61. The van der Waals surface area contributed by atoms with Crippen molar-refractivity contribution in [2.24, 2.45) is 0 Å². The Bertz CT molecular complexity index is 530. The van der Waals surface area contributed by atoms with Crippen LogP contribution in [-0.4, -0.2) is 0 Å². The van der Waals surface area contributed by atoms with Crippen molar-refractivity contribution in [3.05, 3.63) is 58.2 Å². The normalized spacial score (nSPS) is 20.5. The molecule has 2 unspecified atom stereocenters. The summed E-state index contributed by atoms with van der Waals surface area (Å²) in [6, 6.07) is 9.57. The molecule has 0 nitrogen and oxygen atoms in total. The van der Waals surface area contributed by atoms with Gasteiger partial charge in [-0.1, -0.05) is 89.9 Å². The minimum atomic E-state index is 1.00. The Morgan fingerprint density at radius 2 is 0.962 bits per heavy atom. The van der Waals surface area contributed by atoms with Gasteiger partial charge in [-0.25, -0.2) is 0 Å². The molecule has 1 aromatic carbocycles.